The summed E-state index contributed by atoms with van der Waals surface area (Å²) in [5, 5.41) is 11.5. The molecular weight excluding hydrogens is 308 g/mol. The number of benzene rings is 2. The average molecular weight is 324 g/mol. The Kier molecular flexibility index (Phi) is 4.81. The van der Waals surface area contributed by atoms with Crippen molar-refractivity contribution < 1.29 is 14.3 Å². The maximum Gasteiger partial charge on any atom is 0.310 e. The normalized spacial score (nSPS) is 10.4. The number of rotatable bonds is 6. The van der Waals surface area contributed by atoms with Crippen molar-refractivity contribution in [1.82, 2.24) is 20.2 Å². The number of para-hydroxylation sites is 2. The van der Waals surface area contributed by atoms with Crippen LogP contribution in [0.5, 0.6) is 5.75 Å². The summed E-state index contributed by atoms with van der Waals surface area (Å²) >= 11 is 0. The van der Waals surface area contributed by atoms with Gasteiger partial charge in [-0.15, -0.1) is 5.10 Å². The number of carbonyl (C=O) groups excluding carboxylic acids is 1. The minimum absolute atomic E-state index is 0.00409. The molecule has 0 radical (unpaired) electrons. The van der Waals surface area contributed by atoms with Crippen LogP contribution in [0.15, 0.2) is 54.6 Å². The number of hydrogen-bond acceptors (Lipinski definition) is 6. The van der Waals surface area contributed by atoms with Crippen molar-refractivity contribution in [2.45, 2.75) is 13.0 Å². The molecule has 0 unspecified atom stereocenters. The molecule has 1 heterocycles. The lowest BCUT2D eigenvalue weighted by Crippen LogP contribution is -2.12. The van der Waals surface area contributed by atoms with Crippen LogP contribution in [-0.4, -0.2) is 33.3 Å². The van der Waals surface area contributed by atoms with Crippen LogP contribution in [0, 0.1) is 0 Å². The number of hydrogen-bond donors (Lipinski definition) is 0. The summed E-state index contributed by atoms with van der Waals surface area (Å²) in [4.78, 5) is 12.1. The van der Waals surface area contributed by atoms with Gasteiger partial charge in [0.15, 0.2) is 12.4 Å². The number of tetrazole rings is 1. The van der Waals surface area contributed by atoms with E-state index in [1.807, 2.05) is 48.5 Å². The third-order valence-corrected chi connectivity index (χ3v) is 3.42. The van der Waals surface area contributed by atoms with E-state index in [0.29, 0.717) is 11.6 Å². The first-order chi connectivity index (χ1) is 11.8. The molecule has 3 aromatic rings. The predicted molar refractivity (Wildman–Crippen MR) is 85.6 cm³/mol. The Labute approximate surface area is 138 Å². The van der Waals surface area contributed by atoms with Gasteiger partial charge in [-0.3, -0.25) is 4.79 Å². The monoisotopic (exact) mass is 324 g/mol. The van der Waals surface area contributed by atoms with Crippen LogP contribution in [0.1, 0.15) is 11.4 Å². The second-order valence-electron chi connectivity index (χ2n) is 4.99. The molecule has 0 fully saturated rings. The third kappa shape index (κ3) is 3.57. The lowest BCUT2D eigenvalue weighted by Gasteiger charge is -2.08. The van der Waals surface area contributed by atoms with Crippen molar-refractivity contribution in [3.05, 3.63) is 66.0 Å². The molecule has 0 saturated carbocycles. The van der Waals surface area contributed by atoms with Crippen LogP contribution in [0.4, 0.5) is 0 Å². The Bertz CT molecular complexity index is 817. The topological polar surface area (TPSA) is 79.1 Å². The Balaban J connectivity index is 1.64. The van der Waals surface area contributed by atoms with Gasteiger partial charge in [0, 0.05) is 5.56 Å². The van der Waals surface area contributed by atoms with Gasteiger partial charge in [0.2, 0.25) is 0 Å². The summed E-state index contributed by atoms with van der Waals surface area (Å²) in [6, 6.07) is 16.7. The molecule has 3 rings (SSSR count). The summed E-state index contributed by atoms with van der Waals surface area (Å²) < 4.78 is 12.1. The molecule has 122 valence electrons. The first kappa shape index (κ1) is 15.7. The van der Waals surface area contributed by atoms with Crippen molar-refractivity contribution in [2.75, 3.05) is 7.11 Å². The lowest BCUT2D eigenvalue weighted by molar-refractivity contribution is -0.144. The predicted octanol–water partition coefficient (Wildman–Crippen LogP) is 1.96. The van der Waals surface area contributed by atoms with E-state index < -0.39 is 0 Å². The van der Waals surface area contributed by atoms with E-state index in [-0.39, 0.29) is 19.0 Å². The standard InChI is InChI=1S/C17H16N4O3/c1-23-15-10-6-5-7-13(15)11-17(22)24-12-16-18-19-20-21(16)14-8-3-2-4-9-14/h2-10H,11-12H2,1H3. The van der Waals surface area contributed by atoms with E-state index in [0.717, 1.165) is 11.3 Å². The lowest BCUT2D eigenvalue weighted by atomic mass is 10.1. The maximum atomic E-state index is 12.1. The highest BCUT2D eigenvalue weighted by Crippen LogP contribution is 2.18. The Morgan fingerprint density at radius 1 is 1.08 bits per heavy atom. The summed E-state index contributed by atoms with van der Waals surface area (Å²) in [5.41, 5.74) is 1.57. The van der Waals surface area contributed by atoms with Gasteiger partial charge < -0.3 is 9.47 Å². The molecule has 7 heteroatoms. The summed E-state index contributed by atoms with van der Waals surface area (Å²) in [7, 11) is 1.57. The van der Waals surface area contributed by atoms with Crippen LogP contribution in [0.25, 0.3) is 5.69 Å². The first-order valence-electron chi connectivity index (χ1n) is 7.38. The zero-order valence-electron chi connectivity index (χ0n) is 13.1. The van der Waals surface area contributed by atoms with Gasteiger partial charge in [-0.1, -0.05) is 36.4 Å². The molecule has 7 nitrogen and oxygen atoms in total. The molecule has 0 atom stereocenters. The Morgan fingerprint density at radius 3 is 2.62 bits per heavy atom. The Hall–Kier alpha value is -3.22. The van der Waals surface area contributed by atoms with Gasteiger partial charge in [0.1, 0.15) is 5.75 Å². The number of nitrogens with zero attached hydrogens (tertiary/aromatic N) is 4. The van der Waals surface area contributed by atoms with Gasteiger partial charge in [-0.2, -0.15) is 4.68 Å². The first-order valence-corrected chi connectivity index (χ1v) is 7.38. The van der Waals surface area contributed by atoms with E-state index in [9.17, 15) is 4.79 Å². The smallest absolute Gasteiger partial charge is 0.310 e. The molecule has 0 saturated heterocycles. The molecule has 0 aliphatic rings. The summed E-state index contributed by atoms with van der Waals surface area (Å²) in [5.74, 6) is 0.736. The highest BCUT2D eigenvalue weighted by atomic mass is 16.5. The minimum atomic E-state index is -0.373. The number of carbonyl (C=O) groups is 1. The van der Waals surface area contributed by atoms with Crippen LogP contribution in [0.3, 0.4) is 0 Å². The average Bonchev–Trinajstić information content (AvgIpc) is 3.10. The van der Waals surface area contributed by atoms with Crippen LogP contribution < -0.4 is 4.74 Å². The highest BCUT2D eigenvalue weighted by Gasteiger charge is 2.13. The number of methoxy groups -OCH3 is 1. The molecule has 1 aromatic heterocycles. The fraction of sp³-hybridized carbons (Fsp3) is 0.176. The molecule has 0 N–H and O–H groups in total. The van der Waals surface area contributed by atoms with Gasteiger partial charge in [0.25, 0.3) is 0 Å². The van der Waals surface area contributed by atoms with E-state index in [4.69, 9.17) is 9.47 Å². The number of aromatic nitrogens is 4. The molecule has 0 amide bonds. The van der Waals surface area contributed by atoms with Crippen molar-refractivity contribution in [3.63, 3.8) is 0 Å². The third-order valence-electron chi connectivity index (χ3n) is 3.42. The van der Waals surface area contributed by atoms with Crippen molar-refractivity contribution >= 4 is 5.97 Å². The SMILES string of the molecule is COc1ccccc1CC(=O)OCc1nnnn1-c1ccccc1. The van der Waals surface area contributed by atoms with Crippen LogP contribution in [0.2, 0.25) is 0 Å². The molecule has 0 aliphatic carbocycles. The summed E-state index contributed by atoms with van der Waals surface area (Å²) in [6.07, 6.45) is 0.122. The van der Waals surface area contributed by atoms with Gasteiger partial charge in [-0.25, -0.2) is 0 Å². The zero-order chi connectivity index (χ0) is 16.8. The van der Waals surface area contributed by atoms with E-state index in [2.05, 4.69) is 15.5 Å². The molecular formula is C17H16N4O3. The van der Waals surface area contributed by atoms with Crippen LogP contribution >= 0.6 is 0 Å². The van der Waals surface area contributed by atoms with Gasteiger partial charge in [-0.05, 0) is 28.6 Å². The highest BCUT2D eigenvalue weighted by molar-refractivity contribution is 5.73. The van der Waals surface area contributed by atoms with Gasteiger partial charge >= 0.3 is 5.97 Å². The number of ether oxygens (including phenoxy) is 2. The molecule has 0 aliphatic heterocycles. The molecule has 24 heavy (non-hydrogen) atoms. The second kappa shape index (κ2) is 7.36. The fourth-order valence-corrected chi connectivity index (χ4v) is 2.27. The van der Waals surface area contributed by atoms with E-state index in [1.165, 1.54) is 4.68 Å². The van der Waals surface area contributed by atoms with Crippen molar-refractivity contribution in [3.8, 4) is 11.4 Å². The summed E-state index contributed by atoms with van der Waals surface area (Å²) in [6.45, 7) is -0.00409. The quantitative estimate of drug-likeness (QED) is 0.645. The van der Waals surface area contributed by atoms with E-state index in [1.54, 1.807) is 13.2 Å². The Morgan fingerprint density at radius 2 is 1.83 bits per heavy atom. The van der Waals surface area contributed by atoms with Crippen molar-refractivity contribution in [1.29, 1.82) is 0 Å². The van der Waals surface area contributed by atoms with E-state index >= 15 is 0 Å². The largest absolute Gasteiger partial charge is 0.496 e. The molecule has 0 spiro atoms. The minimum Gasteiger partial charge on any atom is -0.496 e. The molecule has 0 bridgehead atoms. The molecule has 2 aromatic carbocycles. The fourth-order valence-electron chi connectivity index (χ4n) is 2.27. The second-order valence-corrected chi connectivity index (χ2v) is 4.99. The van der Waals surface area contributed by atoms with Gasteiger partial charge in [0.05, 0.1) is 19.2 Å². The maximum absolute atomic E-state index is 12.1. The van der Waals surface area contributed by atoms with Crippen molar-refractivity contribution in [2.24, 2.45) is 0 Å². The number of esters is 1. The van der Waals surface area contributed by atoms with Crippen LogP contribution in [-0.2, 0) is 22.6 Å². The zero-order valence-corrected chi connectivity index (χ0v) is 13.1.